The Labute approximate surface area is 124 Å². The molecule has 0 amide bonds. The van der Waals surface area contributed by atoms with Crippen LogP contribution >= 0.6 is 27.3 Å². The van der Waals surface area contributed by atoms with Crippen LogP contribution in [0.2, 0.25) is 0 Å². The number of halogens is 1. The average Bonchev–Trinajstić information content (AvgIpc) is 2.85. The SMILES string of the molecule is CCOC(=O)CCc1csc(-c2cccc(Br)c2)n1. The van der Waals surface area contributed by atoms with Gasteiger partial charge in [-0.3, -0.25) is 4.79 Å². The maximum Gasteiger partial charge on any atom is 0.306 e. The molecule has 0 spiro atoms. The third kappa shape index (κ3) is 4.14. The maximum atomic E-state index is 11.3. The summed E-state index contributed by atoms with van der Waals surface area (Å²) in [5.74, 6) is -0.167. The molecule has 0 radical (unpaired) electrons. The molecule has 19 heavy (non-hydrogen) atoms. The van der Waals surface area contributed by atoms with Crippen LogP contribution < -0.4 is 0 Å². The van der Waals surface area contributed by atoms with Crippen molar-refractivity contribution in [1.82, 2.24) is 4.98 Å². The minimum Gasteiger partial charge on any atom is -0.466 e. The average molecular weight is 340 g/mol. The van der Waals surface area contributed by atoms with Crippen molar-refractivity contribution in [3.63, 3.8) is 0 Å². The van der Waals surface area contributed by atoms with Crippen molar-refractivity contribution < 1.29 is 9.53 Å². The molecule has 0 atom stereocenters. The van der Waals surface area contributed by atoms with E-state index in [1.165, 1.54) is 0 Å². The van der Waals surface area contributed by atoms with Gasteiger partial charge in [0.1, 0.15) is 5.01 Å². The molecular formula is C14H14BrNO2S. The molecule has 0 bridgehead atoms. The van der Waals surface area contributed by atoms with Gasteiger partial charge in [-0.05, 0) is 19.1 Å². The minimum atomic E-state index is -0.167. The summed E-state index contributed by atoms with van der Waals surface area (Å²) in [4.78, 5) is 15.8. The van der Waals surface area contributed by atoms with E-state index in [9.17, 15) is 4.79 Å². The van der Waals surface area contributed by atoms with Crippen molar-refractivity contribution in [3.05, 3.63) is 39.8 Å². The van der Waals surface area contributed by atoms with Gasteiger partial charge >= 0.3 is 5.97 Å². The molecule has 2 rings (SSSR count). The fraction of sp³-hybridized carbons (Fsp3) is 0.286. The third-order valence-electron chi connectivity index (χ3n) is 2.51. The Morgan fingerprint density at radius 1 is 1.47 bits per heavy atom. The van der Waals surface area contributed by atoms with Crippen molar-refractivity contribution in [2.45, 2.75) is 19.8 Å². The zero-order valence-electron chi connectivity index (χ0n) is 10.6. The predicted octanol–water partition coefficient (Wildman–Crippen LogP) is 4.07. The van der Waals surface area contributed by atoms with Gasteiger partial charge in [-0.1, -0.05) is 28.1 Å². The summed E-state index contributed by atoms with van der Waals surface area (Å²) in [6.45, 7) is 2.24. The lowest BCUT2D eigenvalue weighted by atomic mass is 10.2. The van der Waals surface area contributed by atoms with Gasteiger partial charge in [-0.15, -0.1) is 11.3 Å². The molecule has 0 aliphatic carbocycles. The van der Waals surface area contributed by atoms with Gasteiger partial charge < -0.3 is 4.74 Å². The number of hydrogen-bond donors (Lipinski definition) is 0. The third-order valence-corrected chi connectivity index (χ3v) is 3.95. The molecule has 1 heterocycles. The molecule has 0 aliphatic rings. The van der Waals surface area contributed by atoms with Crippen molar-refractivity contribution in [2.75, 3.05) is 6.61 Å². The minimum absolute atomic E-state index is 0.167. The van der Waals surface area contributed by atoms with E-state index in [0.717, 1.165) is 20.7 Å². The van der Waals surface area contributed by atoms with E-state index in [1.54, 1.807) is 11.3 Å². The predicted molar refractivity (Wildman–Crippen MR) is 80.2 cm³/mol. The highest BCUT2D eigenvalue weighted by Crippen LogP contribution is 2.26. The molecule has 0 saturated heterocycles. The van der Waals surface area contributed by atoms with Crippen LogP contribution in [0.1, 0.15) is 19.0 Å². The zero-order chi connectivity index (χ0) is 13.7. The molecule has 1 aromatic carbocycles. The van der Waals surface area contributed by atoms with Crippen LogP contribution in [0.5, 0.6) is 0 Å². The highest BCUT2D eigenvalue weighted by molar-refractivity contribution is 9.10. The summed E-state index contributed by atoms with van der Waals surface area (Å²) in [6, 6.07) is 8.03. The number of esters is 1. The van der Waals surface area contributed by atoms with Crippen LogP contribution in [0.4, 0.5) is 0 Å². The summed E-state index contributed by atoms with van der Waals surface area (Å²) in [5.41, 5.74) is 2.02. The quantitative estimate of drug-likeness (QED) is 0.771. The summed E-state index contributed by atoms with van der Waals surface area (Å²) in [5, 5.41) is 2.97. The Hall–Kier alpha value is -1.20. The molecule has 0 fully saturated rings. The molecule has 1 aromatic heterocycles. The van der Waals surface area contributed by atoms with E-state index in [-0.39, 0.29) is 5.97 Å². The lowest BCUT2D eigenvalue weighted by Gasteiger charge is -1.99. The van der Waals surface area contributed by atoms with Crippen LogP contribution in [-0.2, 0) is 16.0 Å². The fourth-order valence-corrected chi connectivity index (χ4v) is 2.89. The lowest BCUT2D eigenvalue weighted by molar-refractivity contribution is -0.143. The van der Waals surface area contributed by atoms with E-state index in [2.05, 4.69) is 20.9 Å². The van der Waals surface area contributed by atoms with E-state index in [4.69, 9.17) is 4.74 Å². The number of rotatable bonds is 5. The van der Waals surface area contributed by atoms with E-state index in [0.29, 0.717) is 19.4 Å². The summed E-state index contributed by atoms with van der Waals surface area (Å²) < 4.78 is 5.94. The first kappa shape index (κ1) is 14.2. The fourth-order valence-electron chi connectivity index (χ4n) is 1.64. The molecule has 3 nitrogen and oxygen atoms in total. The normalized spacial score (nSPS) is 10.4. The van der Waals surface area contributed by atoms with Crippen LogP contribution in [0.25, 0.3) is 10.6 Å². The lowest BCUT2D eigenvalue weighted by Crippen LogP contribution is -2.05. The van der Waals surface area contributed by atoms with Gasteiger partial charge in [0, 0.05) is 21.8 Å². The number of nitrogens with zero attached hydrogens (tertiary/aromatic N) is 1. The Balaban J connectivity index is 2.01. The van der Waals surface area contributed by atoms with E-state index >= 15 is 0 Å². The van der Waals surface area contributed by atoms with Crippen LogP contribution in [0.15, 0.2) is 34.1 Å². The first-order valence-corrected chi connectivity index (χ1v) is 7.72. The van der Waals surface area contributed by atoms with Gasteiger partial charge in [0.15, 0.2) is 0 Å². The Kier molecular flexibility index (Phi) is 5.10. The summed E-state index contributed by atoms with van der Waals surface area (Å²) in [6.07, 6.45) is 1.01. The topological polar surface area (TPSA) is 39.2 Å². The standard InChI is InChI=1S/C14H14BrNO2S/c1-2-18-13(17)7-6-12-9-19-14(16-12)10-4-3-5-11(15)8-10/h3-5,8-9H,2,6-7H2,1H3. The van der Waals surface area contributed by atoms with E-state index < -0.39 is 0 Å². The second-order valence-electron chi connectivity index (χ2n) is 3.96. The van der Waals surface area contributed by atoms with Crippen molar-refractivity contribution >= 4 is 33.2 Å². The molecule has 2 aromatic rings. The van der Waals surface area contributed by atoms with Crippen LogP contribution in [-0.4, -0.2) is 17.6 Å². The van der Waals surface area contributed by atoms with Gasteiger partial charge in [0.05, 0.1) is 18.7 Å². The number of hydrogen-bond acceptors (Lipinski definition) is 4. The monoisotopic (exact) mass is 339 g/mol. The van der Waals surface area contributed by atoms with Gasteiger partial charge in [0.25, 0.3) is 0 Å². The van der Waals surface area contributed by atoms with Gasteiger partial charge in [0.2, 0.25) is 0 Å². The van der Waals surface area contributed by atoms with Gasteiger partial charge in [-0.25, -0.2) is 4.98 Å². The number of carbonyl (C=O) groups excluding carboxylic acids is 1. The number of ether oxygens (including phenoxy) is 1. The number of carbonyl (C=O) groups is 1. The van der Waals surface area contributed by atoms with Crippen molar-refractivity contribution in [2.24, 2.45) is 0 Å². The molecule has 100 valence electrons. The van der Waals surface area contributed by atoms with Crippen molar-refractivity contribution in [1.29, 1.82) is 0 Å². The number of thiazole rings is 1. The summed E-state index contributed by atoms with van der Waals surface area (Å²) >= 11 is 5.04. The van der Waals surface area contributed by atoms with Gasteiger partial charge in [-0.2, -0.15) is 0 Å². The first-order valence-electron chi connectivity index (χ1n) is 6.05. The Bertz CT molecular complexity index is 568. The summed E-state index contributed by atoms with van der Waals surface area (Å²) in [7, 11) is 0. The number of aryl methyl sites for hydroxylation is 1. The maximum absolute atomic E-state index is 11.3. The number of aromatic nitrogens is 1. The molecule has 0 saturated carbocycles. The van der Waals surface area contributed by atoms with Crippen LogP contribution in [0.3, 0.4) is 0 Å². The molecular weight excluding hydrogens is 326 g/mol. The number of benzene rings is 1. The Morgan fingerprint density at radius 3 is 3.05 bits per heavy atom. The highest BCUT2D eigenvalue weighted by atomic mass is 79.9. The van der Waals surface area contributed by atoms with E-state index in [1.807, 2.05) is 36.6 Å². The molecule has 0 aliphatic heterocycles. The molecule has 0 N–H and O–H groups in total. The second kappa shape index (κ2) is 6.82. The second-order valence-corrected chi connectivity index (χ2v) is 5.73. The Morgan fingerprint density at radius 2 is 2.32 bits per heavy atom. The molecule has 5 heteroatoms. The smallest absolute Gasteiger partial charge is 0.306 e. The first-order chi connectivity index (χ1) is 9.19. The van der Waals surface area contributed by atoms with Crippen molar-refractivity contribution in [3.8, 4) is 10.6 Å². The zero-order valence-corrected chi connectivity index (χ0v) is 13.0. The highest BCUT2D eigenvalue weighted by Gasteiger charge is 2.08. The molecule has 0 unspecified atom stereocenters. The largest absolute Gasteiger partial charge is 0.466 e. The van der Waals surface area contributed by atoms with Crippen LogP contribution in [0, 0.1) is 0 Å².